The molecule has 2 unspecified atom stereocenters. The normalized spacial score (nSPS) is 15.9. The van der Waals surface area contributed by atoms with Crippen molar-refractivity contribution < 1.29 is 38.7 Å². The van der Waals surface area contributed by atoms with Crippen molar-refractivity contribution in [2.24, 2.45) is 0 Å². The molecule has 38 heavy (non-hydrogen) atoms. The van der Waals surface area contributed by atoms with Crippen LogP contribution in [0.25, 0.3) is 0 Å². The second-order valence-electron chi connectivity index (χ2n) is 9.29. The van der Waals surface area contributed by atoms with E-state index in [-0.39, 0.29) is 31.8 Å². The Bertz CT molecular complexity index is 975. The van der Waals surface area contributed by atoms with E-state index < -0.39 is 24.1 Å². The number of carbonyl (C=O) groups excluding carboxylic acids is 2. The summed E-state index contributed by atoms with van der Waals surface area (Å²) in [6.07, 6.45) is 5.72. The van der Waals surface area contributed by atoms with Gasteiger partial charge in [-0.05, 0) is 48.2 Å². The second kappa shape index (κ2) is 14.4. The van der Waals surface area contributed by atoms with Crippen molar-refractivity contribution in [2.75, 3.05) is 26.4 Å². The van der Waals surface area contributed by atoms with Gasteiger partial charge in [-0.25, -0.2) is 9.59 Å². The lowest BCUT2D eigenvalue weighted by Gasteiger charge is -2.38. The van der Waals surface area contributed by atoms with Gasteiger partial charge in [0.05, 0.1) is 0 Å². The van der Waals surface area contributed by atoms with Crippen molar-refractivity contribution in [1.29, 1.82) is 0 Å². The average molecular weight is 525 g/mol. The molecule has 0 bridgehead atoms. The maximum Gasteiger partial charge on any atom is 0.330 e. The molecular weight excluding hydrogens is 488 g/mol. The SMILES string of the molecule is C=CC(=O)OCC(O)COc1ccc(C2(c3ccc(OCC(O)COC(=O)C=C)cc3)CCCCC2)cc1. The van der Waals surface area contributed by atoms with Crippen molar-refractivity contribution in [3.05, 3.63) is 85.0 Å². The third-order valence-electron chi connectivity index (χ3n) is 6.57. The molecule has 1 aliphatic rings. The van der Waals surface area contributed by atoms with E-state index in [1.165, 1.54) is 17.5 Å². The molecule has 0 amide bonds. The first-order valence-corrected chi connectivity index (χ1v) is 12.8. The Morgan fingerprint density at radius 2 is 1.11 bits per heavy atom. The van der Waals surface area contributed by atoms with Gasteiger partial charge in [0, 0.05) is 17.6 Å². The van der Waals surface area contributed by atoms with Crippen LogP contribution in [0.3, 0.4) is 0 Å². The highest BCUT2D eigenvalue weighted by molar-refractivity contribution is 5.81. The summed E-state index contributed by atoms with van der Waals surface area (Å²) in [4.78, 5) is 22.3. The van der Waals surface area contributed by atoms with E-state index in [0.29, 0.717) is 11.5 Å². The maximum absolute atomic E-state index is 11.1. The van der Waals surface area contributed by atoms with Crippen LogP contribution in [-0.2, 0) is 24.5 Å². The fourth-order valence-electron chi connectivity index (χ4n) is 4.60. The van der Waals surface area contributed by atoms with Gasteiger partial charge in [0.15, 0.2) is 0 Å². The minimum absolute atomic E-state index is 0.00175. The van der Waals surface area contributed by atoms with Crippen LogP contribution >= 0.6 is 0 Å². The van der Waals surface area contributed by atoms with Crippen LogP contribution in [0.1, 0.15) is 43.2 Å². The molecule has 8 heteroatoms. The number of ether oxygens (including phenoxy) is 4. The topological polar surface area (TPSA) is 112 Å². The van der Waals surface area contributed by atoms with Gasteiger partial charge in [-0.1, -0.05) is 56.7 Å². The summed E-state index contributed by atoms with van der Waals surface area (Å²) in [6.45, 7) is 6.32. The molecular formula is C30H36O8. The van der Waals surface area contributed by atoms with Gasteiger partial charge in [0.25, 0.3) is 0 Å². The number of aliphatic hydroxyl groups excluding tert-OH is 2. The minimum atomic E-state index is -0.938. The molecule has 1 aliphatic carbocycles. The van der Waals surface area contributed by atoms with Crippen LogP contribution in [0.4, 0.5) is 0 Å². The Kier molecular flexibility index (Phi) is 10.9. The molecule has 0 aromatic heterocycles. The molecule has 204 valence electrons. The molecule has 2 atom stereocenters. The third-order valence-corrected chi connectivity index (χ3v) is 6.57. The molecule has 2 N–H and O–H groups in total. The van der Waals surface area contributed by atoms with E-state index >= 15 is 0 Å². The molecule has 0 saturated heterocycles. The molecule has 8 nitrogen and oxygen atoms in total. The fourth-order valence-corrected chi connectivity index (χ4v) is 4.60. The van der Waals surface area contributed by atoms with Crippen LogP contribution in [0.2, 0.25) is 0 Å². The first-order chi connectivity index (χ1) is 18.4. The smallest absolute Gasteiger partial charge is 0.330 e. The van der Waals surface area contributed by atoms with Crippen LogP contribution in [0.15, 0.2) is 73.8 Å². The van der Waals surface area contributed by atoms with Gasteiger partial charge in [-0.3, -0.25) is 0 Å². The molecule has 0 heterocycles. The van der Waals surface area contributed by atoms with Crippen molar-refractivity contribution in [1.82, 2.24) is 0 Å². The summed E-state index contributed by atoms with van der Waals surface area (Å²) < 4.78 is 21.0. The van der Waals surface area contributed by atoms with Crippen molar-refractivity contribution >= 4 is 11.9 Å². The zero-order valence-electron chi connectivity index (χ0n) is 21.6. The largest absolute Gasteiger partial charge is 0.491 e. The van der Waals surface area contributed by atoms with E-state index in [1.807, 2.05) is 24.3 Å². The number of carbonyl (C=O) groups is 2. The number of hydrogen-bond acceptors (Lipinski definition) is 8. The number of hydrogen-bond donors (Lipinski definition) is 2. The average Bonchev–Trinajstić information content (AvgIpc) is 2.97. The van der Waals surface area contributed by atoms with E-state index in [0.717, 1.165) is 37.8 Å². The predicted octanol–water partition coefficient (Wildman–Crippen LogP) is 3.87. The molecule has 3 rings (SSSR count). The summed E-state index contributed by atoms with van der Waals surface area (Å²) in [5.41, 5.74) is 2.25. The first kappa shape index (κ1) is 28.9. The molecule has 0 spiro atoms. The number of rotatable bonds is 14. The Balaban J connectivity index is 1.62. The Morgan fingerprint density at radius 3 is 1.47 bits per heavy atom. The van der Waals surface area contributed by atoms with E-state index in [2.05, 4.69) is 37.4 Å². The Labute approximate surface area is 223 Å². The van der Waals surface area contributed by atoms with Gasteiger partial charge in [-0.15, -0.1) is 0 Å². The van der Waals surface area contributed by atoms with Crippen molar-refractivity contribution in [2.45, 2.75) is 49.7 Å². The third kappa shape index (κ3) is 8.19. The van der Waals surface area contributed by atoms with Crippen LogP contribution in [0.5, 0.6) is 11.5 Å². The summed E-state index contributed by atoms with van der Waals surface area (Å²) >= 11 is 0. The predicted molar refractivity (Wildman–Crippen MR) is 142 cm³/mol. The maximum atomic E-state index is 11.1. The van der Waals surface area contributed by atoms with Gasteiger partial charge < -0.3 is 29.2 Å². The van der Waals surface area contributed by atoms with E-state index in [9.17, 15) is 19.8 Å². The minimum Gasteiger partial charge on any atom is -0.491 e. The quantitative estimate of drug-likeness (QED) is 0.283. The summed E-state index contributed by atoms with van der Waals surface area (Å²) in [5, 5.41) is 19.9. The van der Waals surface area contributed by atoms with Crippen LogP contribution in [0, 0.1) is 0 Å². The molecule has 2 aromatic carbocycles. The molecule has 0 radical (unpaired) electrons. The highest BCUT2D eigenvalue weighted by Crippen LogP contribution is 2.45. The molecule has 2 aromatic rings. The lowest BCUT2D eigenvalue weighted by Crippen LogP contribution is -2.30. The van der Waals surface area contributed by atoms with Crippen molar-refractivity contribution in [3.63, 3.8) is 0 Å². The highest BCUT2D eigenvalue weighted by Gasteiger charge is 2.35. The van der Waals surface area contributed by atoms with E-state index in [1.54, 1.807) is 0 Å². The van der Waals surface area contributed by atoms with E-state index in [4.69, 9.17) is 18.9 Å². The lowest BCUT2D eigenvalue weighted by molar-refractivity contribution is -0.142. The van der Waals surface area contributed by atoms with Crippen LogP contribution in [-0.4, -0.2) is 60.8 Å². The van der Waals surface area contributed by atoms with Crippen LogP contribution < -0.4 is 9.47 Å². The molecule has 0 aliphatic heterocycles. The highest BCUT2D eigenvalue weighted by atomic mass is 16.6. The van der Waals surface area contributed by atoms with Gasteiger partial charge in [0.1, 0.15) is 50.1 Å². The van der Waals surface area contributed by atoms with Gasteiger partial charge in [0.2, 0.25) is 0 Å². The Hall–Kier alpha value is -3.62. The summed E-state index contributed by atoms with van der Waals surface area (Å²) in [6, 6.07) is 15.8. The number of aliphatic hydroxyl groups is 2. The zero-order chi connectivity index (χ0) is 27.4. The summed E-state index contributed by atoms with van der Waals surface area (Å²) in [5.74, 6) is 0.0644. The van der Waals surface area contributed by atoms with Crippen molar-refractivity contribution in [3.8, 4) is 11.5 Å². The number of esters is 2. The standard InChI is InChI=1S/C30H36O8/c1-3-28(33)37-20-24(31)18-35-26-12-8-22(9-13-26)30(16-6-5-7-17-30)23-10-14-27(15-11-23)36-19-25(32)21-38-29(34)4-2/h3-4,8-15,24-25,31-32H,1-2,5-7,16-21H2. The lowest BCUT2D eigenvalue weighted by atomic mass is 9.65. The molecule has 1 fully saturated rings. The fraction of sp³-hybridized carbons (Fsp3) is 0.400. The molecule has 1 saturated carbocycles. The summed E-state index contributed by atoms with van der Waals surface area (Å²) in [7, 11) is 0. The zero-order valence-corrected chi connectivity index (χ0v) is 21.6. The Morgan fingerprint density at radius 1 is 0.711 bits per heavy atom. The second-order valence-corrected chi connectivity index (χ2v) is 9.29. The first-order valence-electron chi connectivity index (χ1n) is 12.8. The van der Waals surface area contributed by atoms with Gasteiger partial charge in [-0.2, -0.15) is 0 Å². The van der Waals surface area contributed by atoms with Gasteiger partial charge >= 0.3 is 11.9 Å². The number of benzene rings is 2. The monoisotopic (exact) mass is 524 g/mol.